The van der Waals surface area contributed by atoms with E-state index in [1.807, 2.05) is 11.3 Å². The van der Waals surface area contributed by atoms with Crippen LogP contribution in [0.15, 0.2) is 10.5 Å². The van der Waals surface area contributed by atoms with E-state index in [0.29, 0.717) is 0 Å². The second-order valence-electron chi connectivity index (χ2n) is 3.26. The first-order valence-electron chi connectivity index (χ1n) is 3.92. The molecular formula is C10H9BrS. The lowest BCUT2D eigenvalue weighted by atomic mass is 10.1. The molecule has 1 aliphatic rings. The van der Waals surface area contributed by atoms with Crippen molar-refractivity contribution in [3.63, 3.8) is 0 Å². The highest BCUT2D eigenvalue weighted by atomic mass is 79.9. The lowest BCUT2D eigenvalue weighted by Crippen LogP contribution is -1.99. The summed E-state index contributed by atoms with van der Waals surface area (Å²) in [6.07, 6.45) is 7.82. The number of terminal acetylenes is 1. The zero-order valence-corrected chi connectivity index (χ0v) is 9.26. The number of rotatable bonds is 1. The van der Waals surface area contributed by atoms with Crippen molar-refractivity contribution in [1.29, 1.82) is 0 Å². The van der Waals surface area contributed by atoms with Gasteiger partial charge in [-0.25, -0.2) is 0 Å². The molecule has 0 spiro atoms. The Kier molecular flexibility index (Phi) is 1.82. The van der Waals surface area contributed by atoms with Crippen molar-refractivity contribution in [3.8, 4) is 12.3 Å². The summed E-state index contributed by atoms with van der Waals surface area (Å²) in [4.78, 5) is 2.68. The van der Waals surface area contributed by atoms with Crippen molar-refractivity contribution in [2.75, 3.05) is 0 Å². The predicted octanol–water partition coefficient (Wildman–Crippen LogP) is 3.48. The van der Waals surface area contributed by atoms with Crippen LogP contribution in [0.5, 0.6) is 0 Å². The zero-order chi connectivity index (χ0) is 8.77. The van der Waals surface area contributed by atoms with Gasteiger partial charge in [-0.1, -0.05) is 5.92 Å². The lowest BCUT2D eigenvalue weighted by Gasteiger charge is -2.03. The fourth-order valence-corrected chi connectivity index (χ4v) is 3.60. The maximum atomic E-state index is 5.51. The third kappa shape index (κ3) is 1.12. The van der Waals surface area contributed by atoms with Gasteiger partial charge in [0.05, 0.1) is 5.41 Å². The summed E-state index contributed by atoms with van der Waals surface area (Å²) in [5.74, 6) is 2.90. The van der Waals surface area contributed by atoms with Crippen molar-refractivity contribution >= 4 is 27.3 Å². The van der Waals surface area contributed by atoms with Crippen LogP contribution in [0.4, 0.5) is 0 Å². The first-order chi connectivity index (χ1) is 5.68. The van der Waals surface area contributed by atoms with Crippen LogP contribution in [-0.2, 0) is 5.41 Å². The van der Waals surface area contributed by atoms with Crippen molar-refractivity contribution in [3.05, 3.63) is 20.3 Å². The molecule has 2 heteroatoms. The van der Waals surface area contributed by atoms with Gasteiger partial charge in [0.1, 0.15) is 0 Å². The SMILES string of the molecule is C#CC1(c2sc(C)cc2Br)CC1. The average Bonchev–Trinajstić information content (AvgIpc) is 2.74. The Hall–Kier alpha value is -0.260. The molecule has 2 rings (SSSR count). The minimum absolute atomic E-state index is 0.0950. The maximum Gasteiger partial charge on any atom is 0.0666 e. The monoisotopic (exact) mass is 240 g/mol. The first kappa shape index (κ1) is 8.34. The van der Waals surface area contributed by atoms with Crippen LogP contribution in [0.2, 0.25) is 0 Å². The Balaban J connectivity index is 2.48. The van der Waals surface area contributed by atoms with Crippen molar-refractivity contribution in [1.82, 2.24) is 0 Å². The smallest absolute Gasteiger partial charge is 0.0666 e. The first-order valence-corrected chi connectivity index (χ1v) is 5.53. The Labute approximate surface area is 85.1 Å². The van der Waals surface area contributed by atoms with Gasteiger partial charge in [0.25, 0.3) is 0 Å². The second kappa shape index (κ2) is 2.61. The largest absolute Gasteiger partial charge is 0.143 e. The van der Waals surface area contributed by atoms with E-state index in [2.05, 4.69) is 34.8 Å². The van der Waals surface area contributed by atoms with Crippen LogP contribution in [0.3, 0.4) is 0 Å². The fourth-order valence-electron chi connectivity index (χ4n) is 1.37. The van der Waals surface area contributed by atoms with Crippen LogP contribution in [0.1, 0.15) is 22.6 Å². The van der Waals surface area contributed by atoms with Gasteiger partial charge in [0.15, 0.2) is 0 Å². The lowest BCUT2D eigenvalue weighted by molar-refractivity contribution is 0.955. The molecule has 1 aromatic rings. The second-order valence-corrected chi connectivity index (χ2v) is 5.37. The zero-order valence-electron chi connectivity index (χ0n) is 6.86. The van der Waals surface area contributed by atoms with Crippen LogP contribution < -0.4 is 0 Å². The fraction of sp³-hybridized carbons (Fsp3) is 0.400. The number of aryl methyl sites for hydroxylation is 1. The Morgan fingerprint density at radius 3 is 2.67 bits per heavy atom. The third-order valence-electron chi connectivity index (χ3n) is 2.27. The molecule has 0 radical (unpaired) electrons. The van der Waals surface area contributed by atoms with Crippen molar-refractivity contribution in [2.45, 2.75) is 25.2 Å². The molecule has 0 unspecified atom stereocenters. The summed E-state index contributed by atoms with van der Waals surface area (Å²) in [6.45, 7) is 2.12. The van der Waals surface area contributed by atoms with Gasteiger partial charge < -0.3 is 0 Å². The van der Waals surface area contributed by atoms with Gasteiger partial charge in [-0.3, -0.25) is 0 Å². The van der Waals surface area contributed by atoms with Crippen LogP contribution >= 0.6 is 27.3 Å². The van der Waals surface area contributed by atoms with Gasteiger partial charge >= 0.3 is 0 Å². The van der Waals surface area contributed by atoms with E-state index in [-0.39, 0.29) is 5.41 Å². The van der Waals surface area contributed by atoms with Gasteiger partial charge in [-0.15, -0.1) is 17.8 Å². The molecule has 1 fully saturated rings. The Bertz CT molecular complexity index is 352. The molecule has 1 aromatic heterocycles. The molecular weight excluding hydrogens is 232 g/mol. The summed E-state index contributed by atoms with van der Waals surface area (Å²) >= 11 is 5.37. The van der Waals surface area contributed by atoms with Gasteiger partial charge in [0, 0.05) is 14.2 Å². The molecule has 0 aliphatic heterocycles. The molecule has 1 aliphatic carbocycles. The Morgan fingerprint density at radius 1 is 1.67 bits per heavy atom. The number of hydrogen-bond donors (Lipinski definition) is 0. The maximum absolute atomic E-state index is 5.51. The van der Waals surface area contributed by atoms with Crippen LogP contribution in [-0.4, -0.2) is 0 Å². The van der Waals surface area contributed by atoms with E-state index in [4.69, 9.17) is 6.42 Å². The summed E-state index contributed by atoms with van der Waals surface area (Å²) in [5, 5.41) is 0. The molecule has 0 nitrogen and oxygen atoms in total. The summed E-state index contributed by atoms with van der Waals surface area (Å²) in [7, 11) is 0. The van der Waals surface area contributed by atoms with Crippen molar-refractivity contribution < 1.29 is 0 Å². The average molecular weight is 241 g/mol. The molecule has 62 valence electrons. The number of hydrogen-bond acceptors (Lipinski definition) is 1. The standard InChI is InChI=1S/C10H9BrS/c1-3-10(4-5-10)9-8(11)6-7(2)12-9/h1,6H,4-5H2,2H3. The molecule has 12 heavy (non-hydrogen) atoms. The van der Waals surface area contributed by atoms with E-state index in [0.717, 1.165) is 12.8 Å². The highest BCUT2D eigenvalue weighted by Crippen LogP contribution is 2.52. The molecule has 0 bridgehead atoms. The quantitative estimate of drug-likeness (QED) is 0.660. The molecule has 1 heterocycles. The highest BCUT2D eigenvalue weighted by Gasteiger charge is 2.45. The van der Waals surface area contributed by atoms with Gasteiger partial charge in [-0.2, -0.15) is 0 Å². The van der Waals surface area contributed by atoms with Gasteiger partial charge in [0.2, 0.25) is 0 Å². The van der Waals surface area contributed by atoms with E-state index in [1.165, 1.54) is 14.2 Å². The molecule has 0 atom stereocenters. The van der Waals surface area contributed by atoms with Crippen molar-refractivity contribution in [2.24, 2.45) is 0 Å². The molecule has 0 amide bonds. The van der Waals surface area contributed by atoms with E-state index < -0.39 is 0 Å². The van der Waals surface area contributed by atoms with E-state index >= 15 is 0 Å². The predicted molar refractivity (Wildman–Crippen MR) is 56.5 cm³/mol. The summed E-state index contributed by atoms with van der Waals surface area (Å²) < 4.78 is 1.19. The minimum atomic E-state index is 0.0950. The summed E-state index contributed by atoms with van der Waals surface area (Å²) in [6, 6.07) is 2.15. The third-order valence-corrected chi connectivity index (χ3v) is 4.41. The van der Waals surface area contributed by atoms with Crippen LogP contribution in [0, 0.1) is 19.3 Å². The Morgan fingerprint density at radius 2 is 2.33 bits per heavy atom. The van der Waals surface area contributed by atoms with E-state index in [9.17, 15) is 0 Å². The summed E-state index contributed by atoms with van der Waals surface area (Å²) in [5.41, 5.74) is 0.0950. The molecule has 0 saturated heterocycles. The minimum Gasteiger partial charge on any atom is -0.143 e. The molecule has 0 aromatic carbocycles. The molecule has 0 N–H and O–H groups in total. The van der Waals surface area contributed by atoms with E-state index in [1.54, 1.807) is 0 Å². The normalized spacial score (nSPS) is 18.8. The van der Waals surface area contributed by atoms with Crippen LogP contribution in [0.25, 0.3) is 0 Å². The number of thiophene rings is 1. The topological polar surface area (TPSA) is 0 Å². The van der Waals surface area contributed by atoms with Gasteiger partial charge in [-0.05, 0) is 41.8 Å². The molecule has 1 saturated carbocycles. The number of halogens is 1. The highest BCUT2D eigenvalue weighted by molar-refractivity contribution is 9.10.